The van der Waals surface area contributed by atoms with Crippen molar-refractivity contribution in [2.24, 2.45) is 0 Å². The van der Waals surface area contributed by atoms with Crippen LogP contribution in [0.2, 0.25) is 0 Å². The minimum Gasteiger partial charge on any atom is -0.399 e. The van der Waals surface area contributed by atoms with Crippen LogP contribution in [0.15, 0.2) is 48.5 Å². The summed E-state index contributed by atoms with van der Waals surface area (Å²) in [6, 6.07) is 14.9. The SMILES string of the molecule is Cc1ccc(N2CCC(NC(=O)CCc3ccccc3N)C2=O)cc1. The van der Waals surface area contributed by atoms with Gasteiger partial charge < -0.3 is 16.0 Å². The average molecular weight is 337 g/mol. The molecule has 0 bridgehead atoms. The maximum Gasteiger partial charge on any atom is 0.249 e. The van der Waals surface area contributed by atoms with Crippen LogP contribution in [-0.4, -0.2) is 24.4 Å². The highest BCUT2D eigenvalue weighted by Crippen LogP contribution is 2.22. The summed E-state index contributed by atoms with van der Waals surface area (Å²) in [5, 5.41) is 2.86. The monoisotopic (exact) mass is 337 g/mol. The van der Waals surface area contributed by atoms with Crippen molar-refractivity contribution in [3.63, 3.8) is 0 Å². The lowest BCUT2D eigenvalue weighted by Gasteiger charge is -2.17. The first-order chi connectivity index (χ1) is 12.0. The summed E-state index contributed by atoms with van der Waals surface area (Å²) in [4.78, 5) is 26.5. The van der Waals surface area contributed by atoms with Gasteiger partial charge in [-0.1, -0.05) is 35.9 Å². The minimum atomic E-state index is -0.443. The van der Waals surface area contributed by atoms with Gasteiger partial charge in [-0.15, -0.1) is 0 Å². The van der Waals surface area contributed by atoms with E-state index in [1.807, 2.05) is 55.5 Å². The van der Waals surface area contributed by atoms with Gasteiger partial charge in [0.05, 0.1) is 0 Å². The van der Waals surface area contributed by atoms with Crippen molar-refractivity contribution in [3.8, 4) is 0 Å². The van der Waals surface area contributed by atoms with E-state index in [2.05, 4.69) is 5.32 Å². The van der Waals surface area contributed by atoms with Crippen LogP contribution in [0.1, 0.15) is 24.0 Å². The third-order valence-corrected chi connectivity index (χ3v) is 4.56. The maximum absolute atomic E-state index is 12.5. The fourth-order valence-electron chi connectivity index (χ4n) is 3.07. The van der Waals surface area contributed by atoms with Gasteiger partial charge in [-0.2, -0.15) is 0 Å². The van der Waals surface area contributed by atoms with Gasteiger partial charge in [0.2, 0.25) is 11.8 Å². The number of anilines is 2. The number of carbonyl (C=O) groups excluding carboxylic acids is 2. The molecular weight excluding hydrogens is 314 g/mol. The second-order valence-electron chi connectivity index (χ2n) is 6.43. The van der Waals surface area contributed by atoms with Gasteiger partial charge in [0.25, 0.3) is 0 Å². The first kappa shape index (κ1) is 17.0. The summed E-state index contributed by atoms with van der Waals surface area (Å²) in [5.74, 6) is -0.163. The van der Waals surface area contributed by atoms with Crippen LogP contribution in [-0.2, 0) is 16.0 Å². The fourth-order valence-corrected chi connectivity index (χ4v) is 3.07. The summed E-state index contributed by atoms with van der Waals surface area (Å²) in [7, 11) is 0. The van der Waals surface area contributed by atoms with E-state index >= 15 is 0 Å². The molecule has 2 aromatic rings. The summed E-state index contributed by atoms with van der Waals surface area (Å²) in [6.07, 6.45) is 1.52. The van der Waals surface area contributed by atoms with Crippen LogP contribution in [0.5, 0.6) is 0 Å². The standard InChI is InChI=1S/C20H23N3O2/c1-14-6-9-16(10-7-14)23-13-12-18(20(23)25)22-19(24)11-8-15-4-2-3-5-17(15)21/h2-7,9-10,18H,8,11-13,21H2,1H3,(H,22,24). The minimum absolute atomic E-state index is 0.0450. The second-order valence-corrected chi connectivity index (χ2v) is 6.43. The molecule has 5 heteroatoms. The van der Waals surface area contributed by atoms with Crippen molar-refractivity contribution in [3.05, 3.63) is 59.7 Å². The number of amides is 2. The molecule has 1 saturated heterocycles. The van der Waals surface area contributed by atoms with Gasteiger partial charge in [-0.3, -0.25) is 9.59 Å². The van der Waals surface area contributed by atoms with Crippen molar-refractivity contribution in [1.82, 2.24) is 5.32 Å². The first-order valence-electron chi connectivity index (χ1n) is 8.55. The third-order valence-electron chi connectivity index (χ3n) is 4.56. The summed E-state index contributed by atoms with van der Waals surface area (Å²) in [6.45, 7) is 2.64. The molecule has 0 aromatic heterocycles. The molecular formula is C20H23N3O2. The molecule has 1 aliphatic rings. The lowest BCUT2D eigenvalue weighted by molar-refractivity contribution is -0.126. The number of benzene rings is 2. The lowest BCUT2D eigenvalue weighted by Crippen LogP contribution is -2.41. The number of nitrogens with zero attached hydrogens (tertiary/aromatic N) is 1. The second kappa shape index (κ2) is 7.38. The van der Waals surface area contributed by atoms with Crippen LogP contribution in [0.3, 0.4) is 0 Å². The molecule has 1 aliphatic heterocycles. The molecule has 1 unspecified atom stereocenters. The Bertz CT molecular complexity index is 771. The number of nitrogens with one attached hydrogen (secondary N) is 1. The Morgan fingerprint density at radius 1 is 1.20 bits per heavy atom. The molecule has 0 aliphatic carbocycles. The number of hydrogen-bond donors (Lipinski definition) is 2. The maximum atomic E-state index is 12.5. The Morgan fingerprint density at radius 3 is 2.64 bits per heavy atom. The van der Waals surface area contributed by atoms with E-state index in [-0.39, 0.29) is 11.8 Å². The number of aryl methyl sites for hydroxylation is 2. The molecule has 3 N–H and O–H groups in total. The normalized spacial score (nSPS) is 16.9. The Hall–Kier alpha value is -2.82. The van der Waals surface area contributed by atoms with Gasteiger partial charge in [0, 0.05) is 24.3 Å². The largest absolute Gasteiger partial charge is 0.399 e. The number of hydrogen-bond acceptors (Lipinski definition) is 3. The summed E-state index contributed by atoms with van der Waals surface area (Å²) < 4.78 is 0. The lowest BCUT2D eigenvalue weighted by atomic mass is 10.1. The smallest absolute Gasteiger partial charge is 0.249 e. The van der Waals surface area contributed by atoms with E-state index < -0.39 is 6.04 Å². The van der Waals surface area contributed by atoms with Crippen LogP contribution in [0, 0.1) is 6.92 Å². The molecule has 3 rings (SSSR count). The van der Waals surface area contributed by atoms with E-state index in [9.17, 15) is 9.59 Å². The van der Waals surface area contributed by atoms with Gasteiger partial charge in [-0.25, -0.2) is 0 Å². The van der Waals surface area contributed by atoms with Crippen LogP contribution < -0.4 is 16.0 Å². The van der Waals surface area contributed by atoms with E-state index in [0.29, 0.717) is 31.5 Å². The Kier molecular flexibility index (Phi) is 5.03. The molecule has 1 atom stereocenters. The fraction of sp³-hybridized carbons (Fsp3) is 0.300. The Labute approximate surface area is 147 Å². The highest BCUT2D eigenvalue weighted by Gasteiger charge is 2.33. The van der Waals surface area contributed by atoms with Gasteiger partial charge >= 0.3 is 0 Å². The van der Waals surface area contributed by atoms with E-state index in [1.54, 1.807) is 4.90 Å². The molecule has 2 amide bonds. The zero-order chi connectivity index (χ0) is 17.8. The average Bonchev–Trinajstić information content (AvgIpc) is 2.96. The Balaban J connectivity index is 1.55. The van der Waals surface area contributed by atoms with E-state index in [1.165, 1.54) is 0 Å². The van der Waals surface area contributed by atoms with Gasteiger partial charge in [0.15, 0.2) is 0 Å². The van der Waals surface area contributed by atoms with Crippen molar-refractivity contribution in [1.29, 1.82) is 0 Å². The van der Waals surface area contributed by atoms with Crippen molar-refractivity contribution in [2.75, 3.05) is 17.2 Å². The van der Waals surface area contributed by atoms with Gasteiger partial charge in [-0.05, 0) is 43.5 Å². The first-order valence-corrected chi connectivity index (χ1v) is 8.55. The zero-order valence-electron chi connectivity index (χ0n) is 14.4. The number of carbonyl (C=O) groups is 2. The quantitative estimate of drug-likeness (QED) is 0.823. The molecule has 0 saturated carbocycles. The molecule has 5 nitrogen and oxygen atoms in total. The topological polar surface area (TPSA) is 75.4 Å². The van der Waals surface area contributed by atoms with Crippen molar-refractivity contribution in [2.45, 2.75) is 32.2 Å². The van der Waals surface area contributed by atoms with Crippen LogP contribution in [0.4, 0.5) is 11.4 Å². The van der Waals surface area contributed by atoms with Gasteiger partial charge in [0.1, 0.15) is 6.04 Å². The van der Waals surface area contributed by atoms with Crippen molar-refractivity contribution >= 4 is 23.2 Å². The van der Waals surface area contributed by atoms with E-state index in [0.717, 1.165) is 16.8 Å². The molecule has 130 valence electrons. The highest BCUT2D eigenvalue weighted by molar-refractivity contribution is 6.01. The number of rotatable bonds is 5. The highest BCUT2D eigenvalue weighted by atomic mass is 16.2. The Morgan fingerprint density at radius 2 is 1.92 bits per heavy atom. The molecule has 25 heavy (non-hydrogen) atoms. The third kappa shape index (κ3) is 3.99. The van der Waals surface area contributed by atoms with Crippen LogP contribution >= 0.6 is 0 Å². The molecule has 2 aromatic carbocycles. The van der Waals surface area contributed by atoms with Crippen LogP contribution in [0.25, 0.3) is 0 Å². The predicted octanol–water partition coefficient (Wildman–Crippen LogP) is 2.43. The molecule has 0 spiro atoms. The number of nitrogens with two attached hydrogens (primary N) is 1. The van der Waals surface area contributed by atoms with E-state index in [4.69, 9.17) is 5.73 Å². The van der Waals surface area contributed by atoms with Crippen molar-refractivity contribution < 1.29 is 9.59 Å². The predicted molar refractivity (Wildman–Crippen MR) is 99.3 cm³/mol. The molecule has 1 fully saturated rings. The summed E-state index contributed by atoms with van der Waals surface area (Å²) in [5.41, 5.74) is 9.57. The number of para-hydroxylation sites is 1. The summed E-state index contributed by atoms with van der Waals surface area (Å²) >= 11 is 0. The molecule has 1 heterocycles. The zero-order valence-corrected chi connectivity index (χ0v) is 14.4. The number of nitrogen functional groups attached to an aromatic ring is 1. The molecule has 0 radical (unpaired) electrons.